The van der Waals surface area contributed by atoms with Crippen LogP contribution in [-0.2, 0) is 11.2 Å². The van der Waals surface area contributed by atoms with Gasteiger partial charge < -0.3 is 5.73 Å². The second kappa shape index (κ2) is 5.43. The van der Waals surface area contributed by atoms with Crippen molar-refractivity contribution >= 4 is 5.97 Å². The van der Waals surface area contributed by atoms with Crippen LogP contribution in [0.1, 0.15) is 19.7 Å². The molecule has 1 aromatic rings. The molecule has 0 aliphatic carbocycles. The van der Waals surface area contributed by atoms with E-state index in [-0.39, 0.29) is 23.1 Å². The van der Waals surface area contributed by atoms with E-state index in [0.29, 0.717) is 0 Å². The number of nitrogens with two attached hydrogens (primary N) is 1. The van der Waals surface area contributed by atoms with Crippen molar-refractivity contribution < 1.29 is 27.3 Å². The van der Waals surface area contributed by atoms with Crippen LogP contribution >= 0.6 is 0 Å². The fourth-order valence-electron chi connectivity index (χ4n) is 1.06. The molecule has 108 valence electrons. The second-order valence-electron chi connectivity index (χ2n) is 4.13. The Morgan fingerprint density at radius 3 is 2.58 bits per heavy atom. The highest BCUT2D eigenvalue weighted by atomic mass is 19.4. The minimum absolute atomic E-state index is 0.0152. The predicted octanol–water partition coefficient (Wildman–Crippen LogP) is -0.120. The van der Waals surface area contributed by atoms with Gasteiger partial charge in [-0.05, 0) is 10.8 Å². The summed E-state index contributed by atoms with van der Waals surface area (Å²) in [4.78, 5) is 28.7. The molecular weight excluding hydrogens is 271 g/mol. The van der Waals surface area contributed by atoms with Gasteiger partial charge in [0, 0.05) is 12.5 Å². The van der Waals surface area contributed by atoms with Crippen LogP contribution in [0, 0.1) is 5.92 Å². The van der Waals surface area contributed by atoms with Crippen molar-refractivity contribution in [1.82, 2.24) is 9.89 Å². The van der Waals surface area contributed by atoms with Gasteiger partial charge in [-0.2, -0.15) is 18.2 Å². The van der Waals surface area contributed by atoms with Gasteiger partial charge in [0.15, 0.2) is 5.82 Å². The number of hydrogen-bond acceptors (Lipinski definition) is 6. The first-order valence-electron chi connectivity index (χ1n) is 5.25. The third kappa shape index (κ3) is 4.09. The summed E-state index contributed by atoms with van der Waals surface area (Å²) in [6.07, 6.45) is -5.28. The SMILES string of the molecule is CC(C)[C@@H](N)Cc1nc(=O)on1OC(=O)C(F)(F)F. The summed E-state index contributed by atoms with van der Waals surface area (Å²) in [5, 5.41) is 0. The molecule has 1 aromatic heterocycles. The average Bonchev–Trinajstić information content (AvgIpc) is 2.57. The molecule has 0 spiro atoms. The molecule has 0 aliphatic heterocycles. The van der Waals surface area contributed by atoms with Crippen LogP contribution in [0.4, 0.5) is 13.2 Å². The van der Waals surface area contributed by atoms with Gasteiger partial charge in [0.2, 0.25) is 0 Å². The van der Waals surface area contributed by atoms with Crippen molar-refractivity contribution in [2.75, 3.05) is 0 Å². The van der Waals surface area contributed by atoms with Crippen molar-refractivity contribution in [1.29, 1.82) is 0 Å². The standard InChI is InChI=1S/C9H12F3N3O4/c1-4(2)5(13)3-6-14-8(17)19-15(6)18-7(16)9(10,11)12/h4-5H,3,13H2,1-2H3/t5-/m0/s1. The smallest absolute Gasteiger partial charge is 0.327 e. The third-order valence-electron chi connectivity index (χ3n) is 2.26. The van der Waals surface area contributed by atoms with Crippen LogP contribution in [-0.4, -0.2) is 28.1 Å². The summed E-state index contributed by atoms with van der Waals surface area (Å²) >= 11 is 0. The van der Waals surface area contributed by atoms with Crippen molar-refractivity contribution in [3.8, 4) is 0 Å². The van der Waals surface area contributed by atoms with Crippen molar-refractivity contribution in [3.63, 3.8) is 0 Å². The number of aromatic nitrogens is 2. The number of halogens is 3. The molecule has 10 heteroatoms. The average molecular weight is 283 g/mol. The zero-order valence-electron chi connectivity index (χ0n) is 10.1. The minimum atomic E-state index is -5.21. The zero-order chi connectivity index (χ0) is 14.8. The molecule has 0 unspecified atom stereocenters. The monoisotopic (exact) mass is 283 g/mol. The highest BCUT2D eigenvalue weighted by molar-refractivity contribution is 5.75. The summed E-state index contributed by atoms with van der Waals surface area (Å²) in [5.41, 5.74) is 5.68. The molecule has 0 radical (unpaired) electrons. The first kappa shape index (κ1) is 15.2. The molecule has 0 saturated carbocycles. The van der Waals surface area contributed by atoms with Gasteiger partial charge in [0.25, 0.3) is 0 Å². The van der Waals surface area contributed by atoms with Crippen molar-refractivity contribution in [3.05, 3.63) is 16.4 Å². The highest BCUT2D eigenvalue weighted by Gasteiger charge is 2.42. The maximum Gasteiger partial charge on any atom is 0.493 e. The first-order valence-corrected chi connectivity index (χ1v) is 5.25. The van der Waals surface area contributed by atoms with Crippen LogP contribution in [0.25, 0.3) is 0 Å². The van der Waals surface area contributed by atoms with Gasteiger partial charge in [-0.3, -0.25) is 9.36 Å². The number of carbonyl (C=O) groups is 1. The number of alkyl halides is 3. The molecule has 2 N–H and O–H groups in total. The normalized spacial score (nSPS) is 13.6. The third-order valence-corrected chi connectivity index (χ3v) is 2.26. The number of nitrogens with zero attached hydrogens (tertiary/aromatic N) is 2. The summed E-state index contributed by atoms with van der Waals surface area (Å²) in [6, 6.07) is -0.486. The molecular formula is C9H12F3N3O4. The lowest BCUT2D eigenvalue weighted by Crippen LogP contribution is -2.35. The van der Waals surface area contributed by atoms with E-state index in [4.69, 9.17) is 5.73 Å². The minimum Gasteiger partial charge on any atom is -0.327 e. The Kier molecular flexibility index (Phi) is 4.35. The van der Waals surface area contributed by atoms with Crippen LogP contribution in [0.2, 0.25) is 0 Å². The number of rotatable bonds is 4. The lowest BCUT2D eigenvalue weighted by molar-refractivity contribution is -0.209. The Balaban J connectivity index is 2.91. The Morgan fingerprint density at radius 1 is 1.53 bits per heavy atom. The predicted molar refractivity (Wildman–Crippen MR) is 54.9 cm³/mol. The van der Waals surface area contributed by atoms with Gasteiger partial charge >= 0.3 is 17.9 Å². The van der Waals surface area contributed by atoms with Gasteiger partial charge in [-0.25, -0.2) is 9.59 Å². The van der Waals surface area contributed by atoms with E-state index < -0.39 is 23.9 Å². The van der Waals surface area contributed by atoms with Crippen LogP contribution in [0.5, 0.6) is 0 Å². The summed E-state index contributed by atoms with van der Waals surface area (Å²) in [6.45, 7) is 3.55. The molecule has 1 heterocycles. The largest absolute Gasteiger partial charge is 0.493 e. The molecule has 7 nitrogen and oxygen atoms in total. The molecule has 0 aromatic carbocycles. The molecule has 0 aliphatic rings. The van der Waals surface area contributed by atoms with E-state index in [9.17, 15) is 22.8 Å². The van der Waals surface area contributed by atoms with E-state index in [2.05, 4.69) is 14.3 Å². The summed E-state index contributed by atoms with van der Waals surface area (Å²) in [5.74, 6) is -4.00. The Bertz CT molecular complexity index is 506. The lowest BCUT2D eigenvalue weighted by atomic mass is 10.0. The first-order chi connectivity index (χ1) is 8.61. The Hall–Kier alpha value is -1.84. The van der Waals surface area contributed by atoms with E-state index in [1.54, 1.807) is 13.8 Å². The number of carbonyl (C=O) groups excluding carboxylic acids is 1. The van der Waals surface area contributed by atoms with Crippen LogP contribution in [0.3, 0.4) is 0 Å². The Labute approximate surface area is 105 Å². The topological polar surface area (TPSA) is 100 Å². The molecule has 0 fully saturated rings. The quantitative estimate of drug-likeness (QED) is 0.826. The summed E-state index contributed by atoms with van der Waals surface area (Å²) < 4.78 is 40.2. The van der Waals surface area contributed by atoms with Gasteiger partial charge in [-0.1, -0.05) is 13.8 Å². The molecule has 19 heavy (non-hydrogen) atoms. The van der Waals surface area contributed by atoms with Crippen molar-refractivity contribution in [2.45, 2.75) is 32.5 Å². The maximum atomic E-state index is 12.0. The van der Waals surface area contributed by atoms with Gasteiger partial charge in [-0.15, -0.1) is 0 Å². The van der Waals surface area contributed by atoms with Crippen LogP contribution in [0.15, 0.2) is 9.32 Å². The highest BCUT2D eigenvalue weighted by Crippen LogP contribution is 2.15. The van der Waals surface area contributed by atoms with E-state index in [0.717, 1.165) is 0 Å². The molecule has 0 amide bonds. The second-order valence-corrected chi connectivity index (χ2v) is 4.13. The lowest BCUT2D eigenvalue weighted by Gasteiger charge is -2.14. The van der Waals surface area contributed by atoms with E-state index in [1.807, 2.05) is 0 Å². The zero-order valence-corrected chi connectivity index (χ0v) is 10.1. The maximum absolute atomic E-state index is 12.0. The van der Waals surface area contributed by atoms with E-state index in [1.165, 1.54) is 0 Å². The fraction of sp³-hybridized carbons (Fsp3) is 0.667. The Morgan fingerprint density at radius 2 is 2.11 bits per heavy atom. The van der Waals surface area contributed by atoms with Gasteiger partial charge in [0.1, 0.15) is 0 Å². The molecule has 1 atom stereocenters. The van der Waals surface area contributed by atoms with E-state index >= 15 is 0 Å². The number of hydrogen-bond donors (Lipinski definition) is 1. The molecule has 0 saturated heterocycles. The van der Waals surface area contributed by atoms with Crippen molar-refractivity contribution in [2.24, 2.45) is 11.7 Å². The fourth-order valence-corrected chi connectivity index (χ4v) is 1.06. The molecule has 1 rings (SSSR count). The van der Waals surface area contributed by atoms with Gasteiger partial charge in [0.05, 0.1) is 0 Å². The molecule has 0 bridgehead atoms. The van der Waals surface area contributed by atoms with Crippen LogP contribution < -0.4 is 16.3 Å². The summed E-state index contributed by atoms with van der Waals surface area (Å²) in [7, 11) is 0.